The number of nitrogens with one attached hydrogen (secondary N) is 1. The van der Waals surface area contributed by atoms with Gasteiger partial charge in [0, 0.05) is 13.1 Å². The third-order valence-corrected chi connectivity index (χ3v) is 1.67. The smallest absolute Gasteiger partial charge is 0.0933 e. The highest BCUT2D eigenvalue weighted by Crippen LogP contribution is 1.96. The van der Waals surface area contributed by atoms with E-state index in [2.05, 4.69) is 5.32 Å². The summed E-state index contributed by atoms with van der Waals surface area (Å²) in [6.45, 7) is 5.19. The molecular formula is C8H17NO3. The molecule has 0 radical (unpaired) electrons. The van der Waals surface area contributed by atoms with E-state index in [0.29, 0.717) is 13.2 Å². The molecule has 2 unspecified atom stereocenters. The molecule has 1 aliphatic rings. The minimum Gasteiger partial charge on any atom is -0.391 e. The fourth-order valence-electron chi connectivity index (χ4n) is 1.10. The van der Waals surface area contributed by atoms with Gasteiger partial charge in [-0.2, -0.15) is 0 Å². The van der Waals surface area contributed by atoms with Crippen LogP contribution in [0.2, 0.25) is 0 Å². The van der Waals surface area contributed by atoms with Crippen molar-refractivity contribution in [1.29, 1.82) is 0 Å². The van der Waals surface area contributed by atoms with Crippen molar-refractivity contribution >= 4 is 0 Å². The van der Waals surface area contributed by atoms with Crippen LogP contribution in [0.5, 0.6) is 0 Å². The Kier molecular flexibility index (Phi) is 4.53. The highest BCUT2D eigenvalue weighted by molar-refractivity contribution is 4.65. The van der Waals surface area contributed by atoms with Crippen LogP contribution in [0.15, 0.2) is 0 Å². The number of rotatable bonds is 4. The maximum absolute atomic E-state index is 8.90. The van der Waals surface area contributed by atoms with Crippen molar-refractivity contribution < 1.29 is 14.6 Å². The summed E-state index contributed by atoms with van der Waals surface area (Å²) in [6.07, 6.45) is -0.237. The van der Waals surface area contributed by atoms with Gasteiger partial charge in [-0.3, -0.25) is 0 Å². The number of aliphatic hydroxyl groups is 1. The van der Waals surface area contributed by atoms with Crippen molar-refractivity contribution in [2.75, 3.05) is 32.9 Å². The standard InChI is InChI=1S/C8H17NO3/c1-7(10)5-11-6-8-4-9-2-3-12-8/h7-10H,2-6H2,1H3. The summed E-state index contributed by atoms with van der Waals surface area (Å²) in [6, 6.07) is 0. The summed E-state index contributed by atoms with van der Waals surface area (Å²) >= 11 is 0. The zero-order chi connectivity index (χ0) is 8.81. The van der Waals surface area contributed by atoms with Gasteiger partial charge in [-0.1, -0.05) is 0 Å². The largest absolute Gasteiger partial charge is 0.391 e. The Bertz CT molecular complexity index is 113. The molecule has 1 rings (SSSR count). The van der Waals surface area contributed by atoms with E-state index < -0.39 is 0 Å². The lowest BCUT2D eigenvalue weighted by atomic mass is 10.3. The Labute approximate surface area is 72.9 Å². The second kappa shape index (κ2) is 5.48. The third kappa shape index (κ3) is 4.01. The molecule has 0 aromatic carbocycles. The van der Waals surface area contributed by atoms with Crippen LogP contribution in [0.25, 0.3) is 0 Å². The van der Waals surface area contributed by atoms with Gasteiger partial charge in [0.25, 0.3) is 0 Å². The molecule has 0 amide bonds. The predicted molar refractivity (Wildman–Crippen MR) is 45.1 cm³/mol. The van der Waals surface area contributed by atoms with Crippen LogP contribution in [0, 0.1) is 0 Å². The first-order chi connectivity index (χ1) is 5.79. The SMILES string of the molecule is CC(O)COCC1CNCCO1. The molecule has 1 saturated heterocycles. The number of hydrogen-bond acceptors (Lipinski definition) is 4. The molecule has 0 aliphatic carbocycles. The molecule has 72 valence electrons. The van der Waals surface area contributed by atoms with Crippen molar-refractivity contribution in [2.45, 2.75) is 19.1 Å². The van der Waals surface area contributed by atoms with E-state index >= 15 is 0 Å². The van der Waals surface area contributed by atoms with E-state index in [9.17, 15) is 0 Å². The van der Waals surface area contributed by atoms with Gasteiger partial charge in [-0.05, 0) is 6.92 Å². The van der Waals surface area contributed by atoms with E-state index in [-0.39, 0.29) is 12.2 Å². The van der Waals surface area contributed by atoms with Gasteiger partial charge in [0.1, 0.15) is 0 Å². The molecule has 2 N–H and O–H groups in total. The molecule has 1 heterocycles. The summed E-state index contributed by atoms with van der Waals surface area (Å²) in [5.41, 5.74) is 0. The van der Waals surface area contributed by atoms with Crippen LogP contribution in [-0.4, -0.2) is 50.2 Å². The Balaban J connectivity index is 1.98. The Morgan fingerprint density at radius 1 is 1.75 bits per heavy atom. The molecule has 4 nitrogen and oxygen atoms in total. The van der Waals surface area contributed by atoms with Gasteiger partial charge >= 0.3 is 0 Å². The Morgan fingerprint density at radius 3 is 3.17 bits per heavy atom. The fraction of sp³-hybridized carbons (Fsp3) is 1.00. The molecule has 2 atom stereocenters. The number of morpholine rings is 1. The summed E-state index contributed by atoms with van der Waals surface area (Å²) in [5.74, 6) is 0. The Hall–Kier alpha value is -0.160. The minimum atomic E-state index is -0.387. The van der Waals surface area contributed by atoms with Gasteiger partial charge in [-0.25, -0.2) is 0 Å². The normalized spacial score (nSPS) is 27.0. The summed E-state index contributed by atoms with van der Waals surface area (Å²) in [4.78, 5) is 0. The first-order valence-corrected chi connectivity index (χ1v) is 4.37. The zero-order valence-electron chi connectivity index (χ0n) is 7.45. The summed E-state index contributed by atoms with van der Waals surface area (Å²) < 4.78 is 10.6. The number of aliphatic hydroxyl groups excluding tert-OH is 1. The van der Waals surface area contributed by atoms with Crippen LogP contribution in [0.4, 0.5) is 0 Å². The predicted octanol–water partition coefficient (Wildman–Crippen LogP) is -0.628. The molecule has 0 aromatic heterocycles. The van der Waals surface area contributed by atoms with Crippen LogP contribution >= 0.6 is 0 Å². The molecule has 0 spiro atoms. The van der Waals surface area contributed by atoms with E-state index in [4.69, 9.17) is 14.6 Å². The topological polar surface area (TPSA) is 50.7 Å². The lowest BCUT2D eigenvalue weighted by molar-refractivity contribution is -0.0471. The second-order valence-electron chi connectivity index (χ2n) is 3.08. The van der Waals surface area contributed by atoms with Gasteiger partial charge in [0.05, 0.1) is 32.0 Å². The highest BCUT2D eigenvalue weighted by atomic mass is 16.5. The van der Waals surface area contributed by atoms with Crippen molar-refractivity contribution in [1.82, 2.24) is 5.32 Å². The van der Waals surface area contributed by atoms with Crippen LogP contribution in [0.1, 0.15) is 6.92 Å². The van der Waals surface area contributed by atoms with Gasteiger partial charge in [0.15, 0.2) is 0 Å². The average Bonchev–Trinajstić information content (AvgIpc) is 2.05. The van der Waals surface area contributed by atoms with Crippen molar-refractivity contribution in [3.05, 3.63) is 0 Å². The van der Waals surface area contributed by atoms with Crippen LogP contribution in [-0.2, 0) is 9.47 Å². The first kappa shape index (κ1) is 9.92. The van der Waals surface area contributed by atoms with Gasteiger partial charge < -0.3 is 19.9 Å². The molecule has 0 aromatic rings. The quantitative estimate of drug-likeness (QED) is 0.597. The lowest BCUT2D eigenvalue weighted by Gasteiger charge is -2.23. The fourth-order valence-corrected chi connectivity index (χ4v) is 1.10. The van der Waals surface area contributed by atoms with E-state index in [1.165, 1.54) is 0 Å². The molecule has 1 fully saturated rings. The van der Waals surface area contributed by atoms with Crippen molar-refractivity contribution in [2.24, 2.45) is 0 Å². The first-order valence-electron chi connectivity index (χ1n) is 4.37. The number of hydrogen-bond donors (Lipinski definition) is 2. The molecule has 0 saturated carbocycles. The molecular weight excluding hydrogens is 158 g/mol. The van der Waals surface area contributed by atoms with E-state index in [1.54, 1.807) is 6.92 Å². The molecule has 1 aliphatic heterocycles. The van der Waals surface area contributed by atoms with Crippen LogP contribution < -0.4 is 5.32 Å². The second-order valence-corrected chi connectivity index (χ2v) is 3.08. The van der Waals surface area contributed by atoms with Crippen LogP contribution in [0.3, 0.4) is 0 Å². The lowest BCUT2D eigenvalue weighted by Crippen LogP contribution is -2.41. The summed E-state index contributed by atoms with van der Waals surface area (Å²) in [7, 11) is 0. The highest BCUT2D eigenvalue weighted by Gasteiger charge is 2.13. The van der Waals surface area contributed by atoms with E-state index in [1.807, 2.05) is 0 Å². The average molecular weight is 175 g/mol. The third-order valence-electron chi connectivity index (χ3n) is 1.67. The van der Waals surface area contributed by atoms with Gasteiger partial charge in [-0.15, -0.1) is 0 Å². The molecule has 0 bridgehead atoms. The summed E-state index contributed by atoms with van der Waals surface area (Å²) in [5, 5.41) is 12.1. The maximum atomic E-state index is 8.90. The monoisotopic (exact) mass is 175 g/mol. The molecule has 4 heteroatoms. The van der Waals surface area contributed by atoms with E-state index in [0.717, 1.165) is 19.7 Å². The Morgan fingerprint density at radius 2 is 2.58 bits per heavy atom. The van der Waals surface area contributed by atoms with Gasteiger partial charge in [0.2, 0.25) is 0 Å². The zero-order valence-corrected chi connectivity index (χ0v) is 7.45. The maximum Gasteiger partial charge on any atom is 0.0933 e. The van der Waals surface area contributed by atoms with Crippen molar-refractivity contribution in [3.63, 3.8) is 0 Å². The molecule has 12 heavy (non-hydrogen) atoms. The minimum absolute atomic E-state index is 0.150. The van der Waals surface area contributed by atoms with Crippen molar-refractivity contribution in [3.8, 4) is 0 Å². The number of ether oxygens (including phenoxy) is 2.